The summed E-state index contributed by atoms with van der Waals surface area (Å²) in [6.45, 7) is 8.66. The molecule has 0 bridgehead atoms. The third-order valence-electron chi connectivity index (χ3n) is 4.35. The molecule has 1 aromatic rings. The van der Waals surface area contributed by atoms with Crippen molar-refractivity contribution in [2.75, 3.05) is 18.5 Å². The van der Waals surface area contributed by atoms with Crippen LogP contribution in [0.1, 0.15) is 52.0 Å². The summed E-state index contributed by atoms with van der Waals surface area (Å²) in [5.41, 5.74) is 1.16. The summed E-state index contributed by atoms with van der Waals surface area (Å²) in [4.78, 5) is 11.4. The molecule has 1 saturated carbocycles. The van der Waals surface area contributed by atoms with Crippen LogP contribution in [0.2, 0.25) is 0 Å². The molecular formula is C17H30N4. The normalized spacial score (nSPS) is 22.5. The Morgan fingerprint density at radius 1 is 1.29 bits per heavy atom. The molecule has 2 unspecified atom stereocenters. The minimum atomic E-state index is 0.596. The molecule has 0 saturated heterocycles. The van der Waals surface area contributed by atoms with E-state index >= 15 is 0 Å². The van der Waals surface area contributed by atoms with Crippen molar-refractivity contribution in [2.24, 2.45) is 11.8 Å². The van der Waals surface area contributed by atoms with Crippen LogP contribution in [0.4, 0.5) is 5.95 Å². The van der Waals surface area contributed by atoms with Gasteiger partial charge in [-0.25, -0.2) is 9.97 Å². The maximum absolute atomic E-state index is 4.55. The predicted molar refractivity (Wildman–Crippen MR) is 88.4 cm³/mol. The van der Waals surface area contributed by atoms with Gasteiger partial charge in [-0.15, -0.1) is 0 Å². The van der Waals surface area contributed by atoms with Gasteiger partial charge in [0.1, 0.15) is 0 Å². The summed E-state index contributed by atoms with van der Waals surface area (Å²) in [5, 5.41) is 3.43. The first-order valence-electron chi connectivity index (χ1n) is 8.30. The minimum absolute atomic E-state index is 0.596. The highest BCUT2D eigenvalue weighted by atomic mass is 15.2. The van der Waals surface area contributed by atoms with Gasteiger partial charge < -0.3 is 10.2 Å². The van der Waals surface area contributed by atoms with Gasteiger partial charge in [-0.3, -0.25) is 0 Å². The Balaban J connectivity index is 1.88. The van der Waals surface area contributed by atoms with Gasteiger partial charge in [0.15, 0.2) is 0 Å². The van der Waals surface area contributed by atoms with E-state index < -0.39 is 0 Å². The molecule has 0 amide bonds. The molecule has 4 nitrogen and oxygen atoms in total. The number of nitrogens with zero attached hydrogens (tertiary/aromatic N) is 3. The fourth-order valence-corrected chi connectivity index (χ4v) is 3.04. The number of aromatic nitrogens is 2. The fraction of sp³-hybridized carbons (Fsp3) is 0.765. The highest BCUT2D eigenvalue weighted by molar-refractivity contribution is 5.30. The first kappa shape index (κ1) is 16.2. The zero-order valence-electron chi connectivity index (χ0n) is 14.0. The second-order valence-corrected chi connectivity index (χ2v) is 6.95. The zero-order chi connectivity index (χ0) is 15.2. The average Bonchev–Trinajstić information content (AvgIpc) is 2.47. The summed E-state index contributed by atoms with van der Waals surface area (Å²) in [6.07, 6.45) is 9.13. The highest BCUT2D eigenvalue weighted by Crippen LogP contribution is 2.28. The van der Waals surface area contributed by atoms with Gasteiger partial charge in [0, 0.05) is 37.6 Å². The zero-order valence-corrected chi connectivity index (χ0v) is 14.0. The number of hydrogen-bond donors (Lipinski definition) is 1. The van der Waals surface area contributed by atoms with Crippen molar-refractivity contribution in [1.82, 2.24) is 15.3 Å². The van der Waals surface area contributed by atoms with Crippen LogP contribution in [-0.4, -0.2) is 29.6 Å². The van der Waals surface area contributed by atoms with Gasteiger partial charge in [0.2, 0.25) is 5.95 Å². The van der Waals surface area contributed by atoms with E-state index in [-0.39, 0.29) is 0 Å². The third-order valence-corrected chi connectivity index (χ3v) is 4.35. The van der Waals surface area contributed by atoms with Crippen LogP contribution in [0.15, 0.2) is 12.4 Å². The molecule has 1 N–H and O–H groups in total. The quantitative estimate of drug-likeness (QED) is 0.873. The number of nitrogens with one attached hydrogen (secondary N) is 1. The Hall–Kier alpha value is -1.16. The standard InChI is InChI=1S/C17H30N4/c1-13(2)9-18-10-15-11-19-17(20-12-15)21(4)16-7-5-6-14(3)8-16/h11-14,16,18H,5-10H2,1-4H3. The van der Waals surface area contributed by atoms with E-state index in [0.29, 0.717) is 12.0 Å². The topological polar surface area (TPSA) is 41.1 Å². The minimum Gasteiger partial charge on any atom is -0.341 e. The Labute approximate surface area is 129 Å². The second-order valence-electron chi connectivity index (χ2n) is 6.95. The van der Waals surface area contributed by atoms with E-state index in [4.69, 9.17) is 0 Å². The van der Waals surface area contributed by atoms with Crippen LogP contribution < -0.4 is 10.2 Å². The predicted octanol–water partition coefficient (Wildman–Crippen LogP) is 3.24. The maximum atomic E-state index is 4.55. The van der Waals surface area contributed by atoms with E-state index in [1.807, 2.05) is 12.4 Å². The third kappa shape index (κ3) is 4.95. The van der Waals surface area contributed by atoms with Gasteiger partial charge in [0.05, 0.1) is 0 Å². The van der Waals surface area contributed by atoms with Crippen molar-refractivity contribution < 1.29 is 0 Å². The summed E-state index contributed by atoms with van der Waals surface area (Å²) in [7, 11) is 2.13. The first-order chi connectivity index (χ1) is 10.1. The highest BCUT2D eigenvalue weighted by Gasteiger charge is 2.23. The summed E-state index contributed by atoms with van der Waals surface area (Å²) in [6, 6.07) is 0.596. The van der Waals surface area contributed by atoms with Crippen molar-refractivity contribution in [3.8, 4) is 0 Å². The number of anilines is 1. The monoisotopic (exact) mass is 290 g/mol. The van der Waals surface area contributed by atoms with Crippen molar-refractivity contribution in [3.05, 3.63) is 18.0 Å². The van der Waals surface area contributed by atoms with Gasteiger partial charge in [0.25, 0.3) is 0 Å². The Bertz CT molecular complexity index is 415. The van der Waals surface area contributed by atoms with E-state index in [1.54, 1.807) is 0 Å². The van der Waals surface area contributed by atoms with Gasteiger partial charge in [-0.05, 0) is 31.2 Å². The van der Waals surface area contributed by atoms with Crippen LogP contribution >= 0.6 is 0 Å². The summed E-state index contributed by atoms with van der Waals surface area (Å²) in [5.74, 6) is 2.36. The van der Waals surface area contributed by atoms with Crippen LogP contribution in [0.3, 0.4) is 0 Å². The Kier molecular flexibility index (Phi) is 5.97. The van der Waals surface area contributed by atoms with Crippen LogP contribution in [-0.2, 0) is 6.54 Å². The molecule has 1 aliphatic carbocycles. The van der Waals surface area contributed by atoms with Crippen molar-refractivity contribution in [3.63, 3.8) is 0 Å². The summed E-state index contributed by atoms with van der Waals surface area (Å²) < 4.78 is 0. The molecule has 0 radical (unpaired) electrons. The van der Waals surface area contributed by atoms with Crippen LogP contribution in [0.5, 0.6) is 0 Å². The number of rotatable bonds is 6. The lowest BCUT2D eigenvalue weighted by molar-refractivity contribution is 0.334. The molecule has 2 rings (SSSR count). The molecule has 21 heavy (non-hydrogen) atoms. The molecule has 1 aliphatic rings. The molecule has 0 spiro atoms. The Morgan fingerprint density at radius 2 is 2.00 bits per heavy atom. The molecule has 1 heterocycles. The van der Waals surface area contributed by atoms with Crippen molar-refractivity contribution in [2.45, 2.75) is 59.0 Å². The van der Waals surface area contributed by atoms with Crippen LogP contribution in [0, 0.1) is 11.8 Å². The molecule has 118 valence electrons. The Morgan fingerprint density at radius 3 is 2.62 bits per heavy atom. The molecule has 0 aromatic carbocycles. The van der Waals surface area contributed by atoms with Gasteiger partial charge >= 0.3 is 0 Å². The molecule has 1 fully saturated rings. The van der Waals surface area contributed by atoms with Gasteiger partial charge in [-0.2, -0.15) is 0 Å². The van der Waals surface area contributed by atoms with Crippen LogP contribution in [0.25, 0.3) is 0 Å². The lowest BCUT2D eigenvalue weighted by Gasteiger charge is -2.34. The maximum Gasteiger partial charge on any atom is 0.225 e. The average molecular weight is 290 g/mol. The van der Waals surface area contributed by atoms with E-state index in [1.165, 1.54) is 25.7 Å². The SMILES string of the molecule is CC(C)CNCc1cnc(N(C)C2CCCC(C)C2)nc1. The molecule has 1 aromatic heterocycles. The first-order valence-corrected chi connectivity index (χ1v) is 8.30. The smallest absolute Gasteiger partial charge is 0.225 e. The molecule has 4 heteroatoms. The van der Waals surface area contributed by atoms with E-state index in [0.717, 1.165) is 30.5 Å². The largest absolute Gasteiger partial charge is 0.341 e. The van der Waals surface area contributed by atoms with Crippen molar-refractivity contribution >= 4 is 5.95 Å². The van der Waals surface area contributed by atoms with Crippen molar-refractivity contribution in [1.29, 1.82) is 0 Å². The van der Waals surface area contributed by atoms with E-state index in [9.17, 15) is 0 Å². The number of hydrogen-bond acceptors (Lipinski definition) is 4. The van der Waals surface area contributed by atoms with E-state index in [2.05, 4.69) is 48.0 Å². The fourth-order valence-electron chi connectivity index (χ4n) is 3.04. The molecular weight excluding hydrogens is 260 g/mol. The summed E-state index contributed by atoms with van der Waals surface area (Å²) >= 11 is 0. The lowest BCUT2D eigenvalue weighted by atomic mass is 9.86. The second kappa shape index (κ2) is 7.74. The van der Waals surface area contributed by atoms with Gasteiger partial charge in [-0.1, -0.05) is 33.6 Å². The lowest BCUT2D eigenvalue weighted by Crippen LogP contribution is -2.36. The molecule has 0 aliphatic heterocycles. The molecule has 2 atom stereocenters.